The lowest BCUT2D eigenvalue weighted by Gasteiger charge is -2.01. The van der Waals surface area contributed by atoms with E-state index in [1.807, 2.05) is 4.72 Å². The van der Waals surface area contributed by atoms with E-state index in [-0.39, 0.29) is 0 Å². The number of nitrogens with two attached hydrogens (primary N) is 1. The molecule has 0 aliphatic heterocycles. The Kier molecular flexibility index (Phi) is 3.21. The zero-order chi connectivity index (χ0) is 9.07. The molecule has 0 heterocycles. The number of amides is 1. The van der Waals surface area contributed by atoms with Gasteiger partial charge in [-0.2, -0.15) is 0 Å². The summed E-state index contributed by atoms with van der Waals surface area (Å²) in [5.41, 5.74) is 4.78. The van der Waals surface area contributed by atoms with Crippen LogP contribution in [0.1, 0.15) is 6.92 Å². The highest BCUT2D eigenvalue weighted by Crippen LogP contribution is 2.01. The van der Waals surface area contributed by atoms with Gasteiger partial charge in [-0.3, -0.25) is 4.79 Å². The molecule has 0 saturated heterocycles. The number of hydrogen-bond acceptors (Lipinski definition) is 3. The molecule has 0 aromatic heterocycles. The maximum atomic E-state index is 10.9. The first kappa shape index (κ1) is 10.1. The van der Waals surface area contributed by atoms with Crippen LogP contribution in [0.15, 0.2) is 11.0 Å². The summed E-state index contributed by atoms with van der Waals surface area (Å²) < 4.78 is 23.8. The van der Waals surface area contributed by atoms with Gasteiger partial charge < -0.3 is 5.73 Å². The first-order valence-electron chi connectivity index (χ1n) is 2.85. The number of allylic oxidation sites excluding steroid dienone is 1. The molecule has 0 aliphatic rings. The van der Waals surface area contributed by atoms with Crippen LogP contribution in [0.5, 0.6) is 0 Å². The average molecular weight is 178 g/mol. The predicted octanol–water partition coefficient (Wildman–Crippen LogP) is -1.08. The fourth-order valence-electron chi connectivity index (χ4n) is 0.540. The molecule has 0 fully saturated rings. The summed E-state index contributed by atoms with van der Waals surface area (Å²) >= 11 is 0. The standard InChI is InChI=1S/C5H10N2O3S/c1-3-4(5(6)8)11(9,10)7-2/h3,7H,1-2H3,(H2,6,8)/b4-3+. The molecule has 11 heavy (non-hydrogen) atoms. The van der Waals surface area contributed by atoms with Crippen molar-refractivity contribution >= 4 is 15.9 Å². The fraction of sp³-hybridized carbons (Fsp3) is 0.400. The van der Waals surface area contributed by atoms with E-state index in [2.05, 4.69) is 0 Å². The van der Waals surface area contributed by atoms with E-state index in [0.717, 1.165) is 6.08 Å². The molecule has 6 heteroatoms. The Morgan fingerprint density at radius 1 is 1.55 bits per heavy atom. The topological polar surface area (TPSA) is 89.3 Å². The van der Waals surface area contributed by atoms with Crippen molar-refractivity contribution in [2.45, 2.75) is 6.92 Å². The molecule has 0 aliphatic carbocycles. The molecule has 64 valence electrons. The van der Waals surface area contributed by atoms with E-state index < -0.39 is 20.8 Å². The summed E-state index contributed by atoms with van der Waals surface area (Å²) in [6.07, 6.45) is 1.15. The van der Waals surface area contributed by atoms with Gasteiger partial charge in [0.1, 0.15) is 4.91 Å². The minimum atomic E-state index is -3.67. The van der Waals surface area contributed by atoms with Crippen LogP contribution in [0, 0.1) is 0 Å². The zero-order valence-electron chi connectivity index (χ0n) is 6.29. The summed E-state index contributed by atoms with van der Waals surface area (Å²) in [5, 5.41) is 0. The van der Waals surface area contributed by atoms with Crippen molar-refractivity contribution in [3.8, 4) is 0 Å². The molecule has 0 rings (SSSR count). The third kappa shape index (κ3) is 2.32. The molecule has 1 amide bonds. The van der Waals surface area contributed by atoms with Crippen LogP contribution in [0.3, 0.4) is 0 Å². The SMILES string of the molecule is C/C=C(\C(N)=O)S(=O)(=O)NC. The Bertz CT molecular complexity index is 278. The molecule has 0 radical (unpaired) electrons. The van der Waals surface area contributed by atoms with Crippen molar-refractivity contribution in [3.63, 3.8) is 0 Å². The van der Waals surface area contributed by atoms with Crippen molar-refractivity contribution in [2.24, 2.45) is 5.73 Å². The number of hydrogen-bond donors (Lipinski definition) is 2. The Morgan fingerprint density at radius 3 is 2.09 bits per heavy atom. The summed E-state index contributed by atoms with van der Waals surface area (Å²) in [6, 6.07) is 0. The van der Waals surface area contributed by atoms with Gasteiger partial charge in [-0.15, -0.1) is 0 Å². The summed E-state index contributed by atoms with van der Waals surface area (Å²) in [6.45, 7) is 1.43. The van der Waals surface area contributed by atoms with Crippen LogP contribution in [-0.2, 0) is 14.8 Å². The van der Waals surface area contributed by atoms with E-state index in [1.165, 1.54) is 14.0 Å². The Balaban J connectivity index is 5.00. The molecule has 0 unspecified atom stereocenters. The van der Waals surface area contributed by atoms with Gasteiger partial charge in [-0.1, -0.05) is 6.08 Å². The zero-order valence-corrected chi connectivity index (χ0v) is 7.10. The third-order valence-corrected chi connectivity index (χ3v) is 2.62. The number of carbonyl (C=O) groups excluding carboxylic acids is 1. The predicted molar refractivity (Wildman–Crippen MR) is 40.9 cm³/mol. The molecule has 0 atom stereocenters. The second kappa shape index (κ2) is 3.49. The minimum absolute atomic E-state index is 0.417. The summed E-state index contributed by atoms with van der Waals surface area (Å²) in [5.74, 6) is -0.957. The number of nitrogens with one attached hydrogen (secondary N) is 1. The highest BCUT2D eigenvalue weighted by molar-refractivity contribution is 7.94. The van der Waals surface area contributed by atoms with Crippen molar-refractivity contribution in [1.82, 2.24) is 4.72 Å². The number of carbonyl (C=O) groups is 1. The Hall–Kier alpha value is -0.880. The molecular formula is C5H10N2O3S. The van der Waals surface area contributed by atoms with Crippen molar-refractivity contribution in [3.05, 3.63) is 11.0 Å². The normalized spacial score (nSPS) is 13.1. The molecule has 0 spiro atoms. The second-order valence-electron chi connectivity index (χ2n) is 1.72. The van der Waals surface area contributed by atoms with Crippen molar-refractivity contribution in [1.29, 1.82) is 0 Å². The Morgan fingerprint density at radius 2 is 2.00 bits per heavy atom. The van der Waals surface area contributed by atoms with Crippen LogP contribution < -0.4 is 10.5 Å². The fourth-order valence-corrected chi connectivity index (χ4v) is 1.33. The highest BCUT2D eigenvalue weighted by Gasteiger charge is 2.18. The van der Waals surface area contributed by atoms with Gasteiger partial charge in [0.15, 0.2) is 0 Å². The van der Waals surface area contributed by atoms with Crippen LogP contribution in [0.25, 0.3) is 0 Å². The molecule has 5 nitrogen and oxygen atoms in total. The number of rotatable bonds is 3. The van der Waals surface area contributed by atoms with Crippen LogP contribution >= 0.6 is 0 Å². The quantitative estimate of drug-likeness (QED) is 0.539. The van der Waals surface area contributed by atoms with Gasteiger partial charge in [0.25, 0.3) is 5.91 Å². The van der Waals surface area contributed by atoms with Crippen molar-refractivity contribution < 1.29 is 13.2 Å². The van der Waals surface area contributed by atoms with Crippen LogP contribution in [0.2, 0.25) is 0 Å². The first-order valence-corrected chi connectivity index (χ1v) is 4.33. The Labute approximate surface area is 65.3 Å². The van der Waals surface area contributed by atoms with E-state index in [4.69, 9.17) is 5.73 Å². The lowest BCUT2D eigenvalue weighted by Crippen LogP contribution is -2.28. The molecule has 0 bridgehead atoms. The van der Waals surface area contributed by atoms with Crippen LogP contribution in [-0.4, -0.2) is 21.4 Å². The first-order chi connectivity index (χ1) is 4.95. The van der Waals surface area contributed by atoms with E-state index in [9.17, 15) is 13.2 Å². The van der Waals surface area contributed by atoms with Gasteiger partial charge in [-0.25, -0.2) is 13.1 Å². The van der Waals surface area contributed by atoms with Gasteiger partial charge in [0.2, 0.25) is 10.0 Å². The van der Waals surface area contributed by atoms with Crippen molar-refractivity contribution in [2.75, 3.05) is 7.05 Å². The average Bonchev–Trinajstić information content (AvgIpc) is 1.88. The lowest BCUT2D eigenvalue weighted by molar-refractivity contribution is -0.113. The second-order valence-corrected chi connectivity index (χ2v) is 3.58. The maximum absolute atomic E-state index is 10.9. The molecule has 0 aromatic rings. The highest BCUT2D eigenvalue weighted by atomic mass is 32.2. The van der Waals surface area contributed by atoms with Gasteiger partial charge in [-0.05, 0) is 14.0 Å². The van der Waals surface area contributed by atoms with E-state index in [0.29, 0.717) is 0 Å². The minimum Gasteiger partial charge on any atom is -0.365 e. The summed E-state index contributed by atoms with van der Waals surface area (Å²) in [7, 11) is -2.46. The lowest BCUT2D eigenvalue weighted by atomic mass is 10.5. The molecule has 3 N–H and O–H groups in total. The maximum Gasteiger partial charge on any atom is 0.261 e. The largest absolute Gasteiger partial charge is 0.365 e. The van der Waals surface area contributed by atoms with Crippen LogP contribution in [0.4, 0.5) is 0 Å². The smallest absolute Gasteiger partial charge is 0.261 e. The monoisotopic (exact) mass is 178 g/mol. The molecule has 0 saturated carbocycles. The third-order valence-electron chi connectivity index (χ3n) is 1.06. The van der Waals surface area contributed by atoms with E-state index >= 15 is 0 Å². The van der Waals surface area contributed by atoms with Gasteiger partial charge in [0, 0.05) is 0 Å². The van der Waals surface area contributed by atoms with Gasteiger partial charge >= 0.3 is 0 Å². The van der Waals surface area contributed by atoms with E-state index in [1.54, 1.807) is 0 Å². The molecular weight excluding hydrogens is 168 g/mol. The number of sulfonamides is 1. The number of primary amides is 1. The van der Waals surface area contributed by atoms with Gasteiger partial charge in [0.05, 0.1) is 0 Å². The molecule has 0 aromatic carbocycles. The summed E-state index contributed by atoms with van der Waals surface area (Å²) in [4.78, 5) is 10.1.